The van der Waals surface area contributed by atoms with Gasteiger partial charge >= 0.3 is 0 Å². The van der Waals surface area contributed by atoms with Crippen LogP contribution >= 0.6 is 0 Å². The summed E-state index contributed by atoms with van der Waals surface area (Å²) >= 11 is 0. The third-order valence-corrected chi connectivity index (χ3v) is 3.47. The lowest BCUT2D eigenvalue weighted by molar-refractivity contribution is -0.112. The highest BCUT2D eigenvalue weighted by atomic mass is 16.6. The van der Waals surface area contributed by atoms with Crippen LogP contribution in [0.25, 0.3) is 5.76 Å². The molecule has 3 rings (SSSR count). The largest absolute Gasteiger partial charge is 0.435 e. The predicted octanol–water partition coefficient (Wildman–Crippen LogP) is 3.31. The number of aryl methyl sites for hydroxylation is 1. The molecule has 1 heterocycles. The molecule has 0 saturated heterocycles. The van der Waals surface area contributed by atoms with E-state index >= 15 is 0 Å². The highest BCUT2D eigenvalue weighted by molar-refractivity contribution is 6.07. The first-order chi connectivity index (χ1) is 10.1. The number of allylic oxidation sites excluding steroid dienone is 6. The first-order valence-corrected chi connectivity index (χ1v) is 6.66. The first-order valence-electron chi connectivity index (χ1n) is 6.66. The molecular weight excluding hydrogens is 266 g/mol. The molecule has 21 heavy (non-hydrogen) atoms. The molecule has 4 nitrogen and oxygen atoms in total. The standard InChI is InChI=1S/C17H15NO3/c1-11-7-9-13(10-8-11)16-12(2)18(20)17(21-16)14-5-3-4-6-15(14)19/h3-10,20H,1-2H3/b17-14+. The SMILES string of the molecule is CC1=C(c2ccc(C)cc2)O/C(=C2\C=CC=CC2=O)N1O. The molecule has 0 spiro atoms. The summed E-state index contributed by atoms with van der Waals surface area (Å²) in [5.74, 6) is 0.508. The van der Waals surface area contributed by atoms with Crippen molar-refractivity contribution in [3.8, 4) is 0 Å². The Morgan fingerprint density at radius 3 is 2.38 bits per heavy atom. The minimum absolute atomic E-state index is 0.147. The molecule has 0 unspecified atom stereocenters. The summed E-state index contributed by atoms with van der Waals surface area (Å²) < 4.78 is 5.75. The van der Waals surface area contributed by atoms with Crippen LogP contribution in [-0.4, -0.2) is 16.1 Å². The van der Waals surface area contributed by atoms with Crippen LogP contribution in [-0.2, 0) is 9.53 Å². The third kappa shape index (κ3) is 2.30. The Hall–Kier alpha value is -2.59. The van der Waals surface area contributed by atoms with Crippen molar-refractivity contribution < 1.29 is 14.7 Å². The van der Waals surface area contributed by atoms with Crippen LogP contribution in [0, 0.1) is 6.92 Å². The van der Waals surface area contributed by atoms with E-state index in [1.807, 2.05) is 31.2 Å². The number of hydroxylamine groups is 2. The van der Waals surface area contributed by atoms with Gasteiger partial charge in [-0.05, 0) is 26.0 Å². The third-order valence-electron chi connectivity index (χ3n) is 3.47. The second-order valence-electron chi connectivity index (χ2n) is 5.00. The Labute approximate surface area is 122 Å². The normalized spacial score (nSPS) is 21.3. The van der Waals surface area contributed by atoms with Crippen molar-refractivity contribution in [2.75, 3.05) is 0 Å². The maximum atomic E-state index is 11.9. The van der Waals surface area contributed by atoms with E-state index in [4.69, 9.17) is 4.74 Å². The Balaban J connectivity index is 2.01. The van der Waals surface area contributed by atoms with Crippen molar-refractivity contribution in [3.05, 3.63) is 76.8 Å². The zero-order valence-corrected chi connectivity index (χ0v) is 11.8. The van der Waals surface area contributed by atoms with Gasteiger partial charge in [0.15, 0.2) is 11.5 Å². The molecule has 1 aliphatic heterocycles. The zero-order valence-electron chi connectivity index (χ0n) is 11.8. The van der Waals surface area contributed by atoms with E-state index in [0.29, 0.717) is 17.0 Å². The van der Waals surface area contributed by atoms with Gasteiger partial charge in [0.05, 0.1) is 11.3 Å². The van der Waals surface area contributed by atoms with Crippen LogP contribution < -0.4 is 0 Å². The smallest absolute Gasteiger partial charge is 0.235 e. The molecule has 2 aliphatic rings. The lowest BCUT2D eigenvalue weighted by Crippen LogP contribution is -2.16. The molecule has 1 aromatic rings. The number of ether oxygens (including phenoxy) is 1. The Morgan fingerprint density at radius 1 is 1.05 bits per heavy atom. The summed E-state index contributed by atoms with van der Waals surface area (Å²) in [5.41, 5.74) is 2.89. The van der Waals surface area contributed by atoms with E-state index in [-0.39, 0.29) is 11.7 Å². The second-order valence-corrected chi connectivity index (χ2v) is 5.00. The van der Waals surface area contributed by atoms with Crippen molar-refractivity contribution in [3.63, 3.8) is 0 Å². The predicted molar refractivity (Wildman–Crippen MR) is 78.8 cm³/mol. The molecule has 0 amide bonds. The summed E-state index contributed by atoms with van der Waals surface area (Å²) in [6.45, 7) is 3.75. The zero-order chi connectivity index (χ0) is 15.0. The quantitative estimate of drug-likeness (QED) is 0.802. The Bertz CT molecular complexity index is 721. The monoisotopic (exact) mass is 281 g/mol. The van der Waals surface area contributed by atoms with Gasteiger partial charge in [-0.2, -0.15) is 5.06 Å². The molecule has 0 atom stereocenters. The summed E-state index contributed by atoms with van der Waals surface area (Å²) in [7, 11) is 0. The van der Waals surface area contributed by atoms with Crippen LogP contribution in [0.5, 0.6) is 0 Å². The van der Waals surface area contributed by atoms with Gasteiger partial charge in [0, 0.05) is 5.56 Å². The van der Waals surface area contributed by atoms with Gasteiger partial charge in [0.25, 0.3) is 0 Å². The minimum Gasteiger partial charge on any atom is -0.435 e. The van der Waals surface area contributed by atoms with E-state index in [1.165, 1.54) is 6.08 Å². The average Bonchev–Trinajstić information content (AvgIpc) is 2.77. The Morgan fingerprint density at radius 2 is 1.71 bits per heavy atom. The van der Waals surface area contributed by atoms with Crippen LogP contribution in [0.2, 0.25) is 0 Å². The van der Waals surface area contributed by atoms with Gasteiger partial charge in [0.1, 0.15) is 0 Å². The second kappa shape index (κ2) is 5.07. The molecule has 0 saturated carbocycles. The number of hydrogen-bond donors (Lipinski definition) is 1. The highest BCUT2D eigenvalue weighted by Crippen LogP contribution is 2.36. The van der Waals surface area contributed by atoms with Crippen LogP contribution in [0.3, 0.4) is 0 Å². The van der Waals surface area contributed by atoms with Gasteiger partial charge in [-0.15, -0.1) is 0 Å². The number of nitrogens with zero attached hydrogens (tertiary/aromatic N) is 1. The molecule has 4 heteroatoms. The summed E-state index contributed by atoms with van der Waals surface area (Å²) in [4.78, 5) is 11.9. The maximum absolute atomic E-state index is 11.9. The van der Waals surface area contributed by atoms with E-state index in [2.05, 4.69) is 0 Å². The minimum atomic E-state index is -0.190. The van der Waals surface area contributed by atoms with Crippen LogP contribution in [0.4, 0.5) is 0 Å². The lowest BCUT2D eigenvalue weighted by Gasteiger charge is -2.13. The van der Waals surface area contributed by atoms with Crippen LogP contribution in [0.15, 0.2) is 65.7 Å². The number of benzene rings is 1. The molecule has 106 valence electrons. The first kappa shape index (κ1) is 13.4. The number of rotatable bonds is 1. The number of carbonyl (C=O) groups is 1. The van der Waals surface area contributed by atoms with Gasteiger partial charge < -0.3 is 4.74 Å². The van der Waals surface area contributed by atoms with Crippen molar-refractivity contribution in [1.82, 2.24) is 5.06 Å². The van der Waals surface area contributed by atoms with E-state index < -0.39 is 0 Å². The Kier molecular flexibility index (Phi) is 3.23. The van der Waals surface area contributed by atoms with Gasteiger partial charge in [0.2, 0.25) is 5.88 Å². The lowest BCUT2D eigenvalue weighted by atomic mass is 10.1. The van der Waals surface area contributed by atoms with Crippen LogP contribution in [0.1, 0.15) is 18.1 Å². The van der Waals surface area contributed by atoms with E-state index in [0.717, 1.165) is 16.2 Å². The van der Waals surface area contributed by atoms with Gasteiger partial charge in [-0.3, -0.25) is 10.0 Å². The molecule has 1 aliphatic carbocycles. The molecule has 0 aromatic heterocycles. The van der Waals surface area contributed by atoms with Crippen molar-refractivity contribution in [2.24, 2.45) is 0 Å². The number of hydrogen-bond acceptors (Lipinski definition) is 4. The molecule has 0 fully saturated rings. The maximum Gasteiger partial charge on any atom is 0.235 e. The fraction of sp³-hybridized carbons (Fsp3) is 0.118. The molecule has 1 aromatic carbocycles. The fourth-order valence-electron chi connectivity index (χ4n) is 2.25. The molecule has 1 N–H and O–H groups in total. The number of carbonyl (C=O) groups excluding carboxylic acids is 1. The van der Waals surface area contributed by atoms with Gasteiger partial charge in [-0.1, -0.05) is 42.0 Å². The molecular formula is C17H15NO3. The van der Waals surface area contributed by atoms with Crippen molar-refractivity contribution >= 4 is 11.5 Å². The van der Waals surface area contributed by atoms with Gasteiger partial charge in [-0.25, -0.2) is 0 Å². The van der Waals surface area contributed by atoms with E-state index in [1.54, 1.807) is 25.2 Å². The van der Waals surface area contributed by atoms with Crippen molar-refractivity contribution in [2.45, 2.75) is 13.8 Å². The summed E-state index contributed by atoms with van der Waals surface area (Å²) in [6, 6.07) is 7.79. The average molecular weight is 281 g/mol. The topological polar surface area (TPSA) is 49.8 Å². The summed E-state index contributed by atoms with van der Waals surface area (Å²) in [6.07, 6.45) is 6.47. The van der Waals surface area contributed by atoms with E-state index in [9.17, 15) is 10.0 Å². The van der Waals surface area contributed by atoms with Crippen molar-refractivity contribution in [1.29, 1.82) is 0 Å². The fourth-order valence-corrected chi connectivity index (χ4v) is 2.25. The highest BCUT2D eigenvalue weighted by Gasteiger charge is 2.30. The number of ketones is 1. The summed E-state index contributed by atoms with van der Waals surface area (Å²) in [5, 5.41) is 11.1. The molecule has 0 bridgehead atoms. The molecule has 0 radical (unpaired) electrons.